The lowest BCUT2D eigenvalue weighted by atomic mass is 10.1. The molecular formula is C33H40Cl2N10O7. The molecule has 0 unspecified atom stereocenters. The molecule has 0 saturated heterocycles. The van der Waals surface area contributed by atoms with Crippen LogP contribution in [0.3, 0.4) is 0 Å². The molecular weight excluding hydrogens is 719 g/mol. The van der Waals surface area contributed by atoms with Crippen molar-refractivity contribution in [3.63, 3.8) is 0 Å². The Morgan fingerprint density at radius 2 is 1.48 bits per heavy atom. The van der Waals surface area contributed by atoms with Crippen molar-refractivity contribution in [1.29, 1.82) is 0 Å². The number of benzene rings is 2. The highest BCUT2D eigenvalue weighted by molar-refractivity contribution is 6.18. The zero-order chi connectivity index (χ0) is 38.4. The maximum absolute atomic E-state index is 12.4. The highest BCUT2D eigenvalue weighted by Crippen LogP contribution is 2.19. The molecule has 10 N–H and O–H groups in total. The molecule has 2 atom stereocenters. The Morgan fingerprint density at radius 3 is 2.04 bits per heavy atom. The highest BCUT2D eigenvalue weighted by Gasteiger charge is 2.22. The molecule has 0 fully saturated rings. The minimum atomic E-state index is -1.30. The topological polar surface area (TPSA) is 277 Å². The van der Waals surface area contributed by atoms with Crippen LogP contribution in [0.5, 0.6) is 0 Å². The first-order chi connectivity index (χ1) is 24.7. The number of rotatable bonds is 17. The fraction of sp³-hybridized carbons (Fsp3) is 0.333. The minimum absolute atomic E-state index is 0.0138. The van der Waals surface area contributed by atoms with Crippen LogP contribution in [0.4, 0.5) is 23.1 Å². The van der Waals surface area contributed by atoms with Crippen LogP contribution < -0.4 is 32.3 Å². The van der Waals surface area contributed by atoms with Crippen LogP contribution >= 0.6 is 23.2 Å². The lowest BCUT2D eigenvalue weighted by Gasteiger charge is -2.23. The van der Waals surface area contributed by atoms with E-state index in [0.29, 0.717) is 41.6 Å². The molecule has 2 aromatic carbocycles. The number of aromatic nitrogens is 4. The second-order valence-electron chi connectivity index (χ2n) is 11.4. The molecule has 2 aromatic heterocycles. The SMILES string of the molecule is CN(Cc1cnc2nc(N)nc(N)c2n1)c1ccc(C(=O)N[C@@H](CCC(=O)O)C(=O)O)cc1.N[C@@H](Cc1ccc(N(CCCl)CCCl)cc1)C(=O)O. The maximum atomic E-state index is 12.4. The molecule has 278 valence electrons. The summed E-state index contributed by atoms with van der Waals surface area (Å²) in [7, 11) is 1.82. The highest BCUT2D eigenvalue weighted by atomic mass is 35.5. The lowest BCUT2D eigenvalue weighted by molar-refractivity contribution is -0.141. The van der Waals surface area contributed by atoms with Crippen LogP contribution in [0.1, 0.15) is 34.5 Å². The molecule has 52 heavy (non-hydrogen) atoms. The number of carboxylic acid groups (broad SMARTS) is 3. The minimum Gasteiger partial charge on any atom is -0.481 e. The summed E-state index contributed by atoms with van der Waals surface area (Å²) in [4.78, 5) is 65.5. The summed E-state index contributed by atoms with van der Waals surface area (Å²) < 4.78 is 0. The third kappa shape index (κ3) is 12.4. The van der Waals surface area contributed by atoms with Gasteiger partial charge in [0.2, 0.25) is 5.95 Å². The number of amides is 1. The number of carbonyl (C=O) groups is 4. The monoisotopic (exact) mass is 758 g/mol. The van der Waals surface area contributed by atoms with E-state index in [4.69, 9.17) is 50.6 Å². The first kappa shape index (κ1) is 40.9. The molecule has 4 rings (SSSR count). The number of nitrogen functional groups attached to an aromatic ring is 2. The molecule has 0 aliphatic rings. The van der Waals surface area contributed by atoms with E-state index in [0.717, 1.165) is 30.0 Å². The Morgan fingerprint density at radius 1 is 0.865 bits per heavy atom. The second kappa shape index (κ2) is 19.8. The van der Waals surface area contributed by atoms with Crippen LogP contribution in [-0.4, -0.2) is 103 Å². The first-order valence-corrected chi connectivity index (χ1v) is 16.8. The van der Waals surface area contributed by atoms with Crippen molar-refractivity contribution in [2.75, 3.05) is 53.2 Å². The van der Waals surface area contributed by atoms with Gasteiger partial charge in [-0.1, -0.05) is 12.1 Å². The van der Waals surface area contributed by atoms with Gasteiger partial charge in [-0.2, -0.15) is 9.97 Å². The number of hydrogen-bond donors (Lipinski definition) is 7. The molecule has 0 bridgehead atoms. The summed E-state index contributed by atoms with van der Waals surface area (Å²) in [5, 5.41) is 29.0. The summed E-state index contributed by atoms with van der Waals surface area (Å²) in [6.07, 6.45) is 1.28. The van der Waals surface area contributed by atoms with E-state index in [-0.39, 0.29) is 30.2 Å². The molecule has 17 nitrogen and oxygen atoms in total. The number of nitrogens with two attached hydrogens (primary N) is 3. The summed E-state index contributed by atoms with van der Waals surface area (Å²) in [5.41, 5.74) is 21.1. The van der Waals surface area contributed by atoms with Crippen LogP contribution in [0.15, 0.2) is 54.7 Å². The lowest BCUT2D eigenvalue weighted by Crippen LogP contribution is -2.41. The van der Waals surface area contributed by atoms with Gasteiger partial charge in [-0.3, -0.25) is 14.4 Å². The zero-order valence-electron chi connectivity index (χ0n) is 28.2. The molecule has 0 aliphatic carbocycles. The molecule has 1 amide bonds. The van der Waals surface area contributed by atoms with Crippen molar-refractivity contribution < 1.29 is 34.5 Å². The molecule has 0 radical (unpaired) electrons. The number of alkyl halides is 2. The van der Waals surface area contributed by atoms with Gasteiger partial charge in [0, 0.05) is 55.3 Å². The number of hydrogen-bond acceptors (Lipinski definition) is 13. The fourth-order valence-corrected chi connectivity index (χ4v) is 5.19. The van der Waals surface area contributed by atoms with Crippen molar-refractivity contribution in [3.8, 4) is 0 Å². The van der Waals surface area contributed by atoms with E-state index >= 15 is 0 Å². The van der Waals surface area contributed by atoms with Crippen LogP contribution in [0.25, 0.3) is 11.2 Å². The predicted octanol–water partition coefficient (Wildman–Crippen LogP) is 2.19. The molecule has 4 aromatic rings. The van der Waals surface area contributed by atoms with Crippen molar-refractivity contribution in [2.24, 2.45) is 5.73 Å². The average molecular weight is 760 g/mol. The summed E-state index contributed by atoms with van der Waals surface area (Å²) in [6, 6.07) is 11.9. The van der Waals surface area contributed by atoms with E-state index in [1.165, 1.54) is 12.1 Å². The first-order valence-electron chi connectivity index (χ1n) is 15.8. The standard InChI is InChI=1S/C20H22N8O5.C13H18Cl2N2O2/c1-28(9-11-8-23-17-15(24-11)16(21)26-20(22)27-17)12-4-2-10(3-5-12)18(31)25-13(19(32)33)6-7-14(29)30;14-5-7-17(8-6-15)11-3-1-10(2-4-11)9-12(16)13(18)19/h2-5,8,13H,6-7,9H2,1H3,(H,25,31)(H,29,30)(H,32,33)(H4,21,22,23,26,27);1-4,12H,5-9,16H2,(H,18,19)/t13-;12-/m00/s1. The second-order valence-corrected chi connectivity index (χ2v) is 12.1. The van der Waals surface area contributed by atoms with Gasteiger partial charge in [-0.15, -0.1) is 23.2 Å². The molecule has 0 saturated carbocycles. The third-order valence-electron chi connectivity index (χ3n) is 7.50. The van der Waals surface area contributed by atoms with Crippen molar-refractivity contribution in [2.45, 2.75) is 37.9 Å². The average Bonchev–Trinajstić information content (AvgIpc) is 3.10. The quantitative estimate of drug-likeness (QED) is 0.0760. The van der Waals surface area contributed by atoms with Gasteiger partial charge in [0.15, 0.2) is 17.0 Å². The fourth-order valence-electron chi connectivity index (χ4n) is 4.79. The van der Waals surface area contributed by atoms with Gasteiger partial charge < -0.3 is 47.6 Å². The number of nitrogens with one attached hydrogen (secondary N) is 1. The van der Waals surface area contributed by atoms with Gasteiger partial charge in [-0.05, 0) is 54.8 Å². The number of halogens is 2. The Bertz CT molecular complexity index is 1830. The predicted molar refractivity (Wildman–Crippen MR) is 198 cm³/mol. The van der Waals surface area contributed by atoms with Crippen LogP contribution in [-0.2, 0) is 27.3 Å². The number of aliphatic carboxylic acids is 3. The summed E-state index contributed by atoms with van der Waals surface area (Å²) >= 11 is 11.5. The van der Waals surface area contributed by atoms with Crippen LogP contribution in [0.2, 0.25) is 0 Å². The summed E-state index contributed by atoms with van der Waals surface area (Å²) in [5.74, 6) is -2.84. The number of fused-ring (bicyclic) bond motifs is 1. The molecule has 2 heterocycles. The van der Waals surface area contributed by atoms with E-state index in [1.54, 1.807) is 18.3 Å². The number of carboxylic acids is 3. The van der Waals surface area contributed by atoms with E-state index in [9.17, 15) is 24.3 Å². The van der Waals surface area contributed by atoms with Crippen LogP contribution in [0, 0.1) is 0 Å². The normalized spacial score (nSPS) is 11.8. The van der Waals surface area contributed by atoms with Gasteiger partial charge in [0.25, 0.3) is 5.91 Å². The zero-order valence-corrected chi connectivity index (χ0v) is 29.7. The Balaban J connectivity index is 0.000000326. The third-order valence-corrected chi connectivity index (χ3v) is 7.84. The van der Waals surface area contributed by atoms with Gasteiger partial charge in [0.05, 0.1) is 18.4 Å². The maximum Gasteiger partial charge on any atom is 0.326 e. The number of carbonyl (C=O) groups excluding carboxylic acids is 1. The van der Waals surface area contributed by atoms with Crippen molar-refractivity contribution in [3.05, 3.63) is 71.5 Å². The molecule has 19 heteroatoms. The van der Waals surface area contributed by atoms with Crippen molar-refractivity contribution in [1.82, 2.24) is 25.3 Å². The number of nitrogens with zero attached hydrogens (tertiary/aromatic N) is 6. The van der Waals surface area contributed by atoms with E-state index < -0.39 is 35.9 Å². The number of anilines is 4. The van der Waals surface area contributed by atoms with Gasteiger partial charge in [-0.25, -0.2) is 14.8 Å². The van der Waals surface area contributed by atoms with Crippen molar-refractivity contribution >= 4 is 81.3 Å². The van der Waals surface area contributed by atoms with Gasteiger partial charge in [0.1, 0.15) is 12.1 Å². The summed E-state index contributed by atoms with van der Waals surface area (Å²) in [6.45, 7) is 1.82. The van der Waals surface area contributed by atoms with Gasteiger partial charge >= 0.3 is 17.9 Å². The Kier molecular flexibility index (Phi) is 15.5. The smallest absolute Gasteiger partial charge is 0.326 e. The molecule has 0 spiro atoms. The Labute approximate surface area is 308 Å². The van der Waals surface area contributed by atoms with E-state index in [1.807, 2.05) is 36.2 Å². The Hall–Kier alpha value is -5.52. The molecule has 0 aliphatic heterocycles. The largest absolute Gasteiger partial charge is 0.481 e. The van der Waals surface area contributed by atoms with E-state index in [2.05, 4.69) is 30.2 Å².